The van der Waals surface area contributed by atoms with Crippen molar-refractivity contribution in [3.63, 3.8) is 0 Å². The minimum absolute atomic E-state index is 0.0365. The van der Waals surface area contributed by atoms with Crippen molar-refractivity contribution in [1.29, 1.82) is 5.26 Å². The molecule has 0 aliphatic heterocycles. The number of nitriles is 1. The van der Waals surface area contributed by atoms with Gasteiger partial charge >= 0.3 is 6.01 Å². The van der Waals surface area contributed by atoms with E-state index >= 15 is 0 Å². The number of hydrogen-bond donors (Lipinski definition) is 4. The molecule has 29 heavy (non-hydrogen) atoms. The maximum absolute atomic E-state index is 12.0. The number of nitrogens with zero attached hydrogens (tertiary/aromatic N) is 2. The second-order valence-corrected chi connectivity index (χ2v) is 8.26. The number of oxazole rings is 1. The van der Waals surface area contributed by atoms with Crippen LogP contribution in [0.25, 0.3) is 0 Å². The number of benzene rings is 1. The SMILES string of the molecule is CS(=O)(=O)Nc1nc(C(=O)NCC(O)C(O)CC(C#N)Cc2ccccc2)co1. The quantitative estimate of drug-likeness (QED) is 0.423. The van der Waals surface area contributed by atoms with E-state index in [0.717, 1.165) is 18.1 Å². The van der Waals surface area contributed by atoms with Gasteiger partial charge in [-0.3, -0.25) is 4.79 Å². The summed E-state index contributed by atoms with van der Waals surface area (Å²) >= 11 is 0. The van der Waals surface area contributed by atoms with Gasteiger partial charge in [-0.1, -0.05) is 30.3 Å². The van der Waals surface area contributed by atoms with Crippen molar-refractivity contribution in [1.82, 2.24) is 10.3 Å². The van der Waals surface area contributed by atoms with Gasteiger partial charge in [0.25, 0.3) is 5.91 Å². The van der Waals surface area contributed by atoms with Gasteiger partial charge < -0.3 is 19.9 Å². The molecule has 0 saturated carbocycles. The van der Waals surface area contributed by atoms with Gasteiger partial charge in [-0.15, -0.1) is 0 Å². The molecule has 0 fully saturated rings. The Kier molecular flexibility index (Phi) is 7.72. The molecule has 0 radical (unpaired) electrons. The summed E-state index contributed by atoms with van der Waals surface area (Å²) in [5.74, 6) is -1.22. The van der Waals surface area contributed by atoms with Gasteiger partial charge in [0, 0.05) is 6.54 Å². The van der Waals surface area contributed by atoms with E-state index in [0.29, 0.717) is 6.42 Å². The number of rotatable bonds is 10. The third kappa shape index (κ3) is 7.53. The molecule has 1 aromatic carbocycles. The molecule has 1 heterocycles. The summed E-state index contributed by atoms with van der Waals surface area (Å²) in [6.45, 7) is -0.287. The number of nitrogens with one attached hydrogen (secondary N) is 2. The van der Waals surface area contributed by atoms with E-state index < -0.39 is 34.1 Å². The number of carbonyl (C=O) groups excluding carboxylic acids is 1. The van der Waals surface area contributed by atoms with Crippen LogP contribution in [0, 0.1) is 17.2 Å². The number of carbonyl (C=O) groups is 1. The molecular formula is C18H22N4O6S. The van der Waals surface area contributed by atoms with Gasteiger partial charge in [-0.05, 0) is 18.4 Å². The Balaban J connectivity index is 1.83. The van der Waals surface area contributed by atoms with Gasteiger partial charge in [0.15, 0.2) is 5.69 Å². The molecule has 4 N–H and O–H groups in total. The van der Waals surface area contributed by atoms with Crippen LogP contribution in [0.2, 0.25) is 0 Å². The molecule has 0 aliphatic carbocycles. The van der Waals surface area contributed by atoms with Crippen LogP contribution in [0.3, 0.4) is 0 Å². The topological polar surface area (TPSA) is 166 Å². The minimum Gasteiger partial charge on any atom is -0.431 e. The lowest BCUT2D eigenvalue weighted by atomic mass is 9.93. The number of aliphatic hydroxyl groups excluding tert-OH is 2. The van der Waals surface area contributed by atoms with Crippen molar-refractivity contribution in [3.8, 4) is 6.07 Å². The highest BCUT2D eigenvalue weighted by molar-refractivity contribution is 7.91. The van der Waals surface area contributed by atoms with E-state index in [1.807, 2.05) is 35.1 Å². The standard InChI is InChI=1S/C18H22N4O6S/c1-29(26,27)22-18-21-14(11-28-18)17(25)20-10-16(24)15(23)8-13(9-19)7-12-5-3-2-4-6-12/h2-6,11,13,15-16,23-24H,7-8,10H2,1H3,(H,20,25)(H,21,22). The molecule has 1 aromatic heterocycles. The molecule has 156 valence electrons. The lowest BCUT2D eigenvalue weighted by Gasteiger charge is -2.20. The first-order valence-electron chi connectivity index (χ1n) is 8.69. The van der Waals surface area contributed by atoms with Gasteiger partial charge in [-0.2, -0.15) is 10.2 Å². The first kappa shape index (κ1) is 22.4. The van der Waals surface area contributed by atoms with E-state index in [1.54, 1.807) is 0 Å². The highest BCUT2D eigenvalue weighted by Gasteiger charge is 2.23. The second-order valence-electron chi connectivity index (χ2n) is 6.51. The van der Waals surface area contributed by atoms with Crippen LogP contribution < -0.4 is 10.0 Å². The summed E-state index contributed by atoms with van der Waals surface area (Å²) < 4.78 is 29.0. The van der Waals surface area contributed by atoms with Gasteiger partial charge in [0.05, 0.1) is 30.5 Å². The number of anilines is 1. The molecule has 0 saturated heterocycles. The Bertz CT molecular complexity index is 954. The zero-order valence-electron chi connectivity index (χ0n) is 15.6. The van der Waals surface area contributed by atoms with Crippen LogP contribution in [0.5, 0.6) is 0 Å². The van der Waals surface area contributed by atoms with Crippen LogP contribution >= 0.6 is 0 Å². The molecule has 0 bridgehead atoms. The highest BCUT2D eigenvalue weighted by atomic mass is 32.2. The maximum Gasteiger partial charge on any atom is 0.309 e. The van der Waals surface area contributed by atoms with Crippen LogP contribution in [-0.2, 0) is 16.4 Å². The fraction of sp³-hybridized carbons (Fsp3) is 0.389. The average Bonchev–Trinajstić information content (AvgIpc) is 3.12. The highest BCUT2D eigenvalue weighted by Crippen LogP contribution is 2.15. The Hall–Kier alpha value is -2.94. The number of aliphatic hydroxyl groups is 2. The minimum atomic E-state index is -3.60. The van der Waals surface area contributed by atoms with Crippen LogP contribution in [0.1, 0.15) is 22.5 Å². The van der Waals surface area contributed by atoms with Gasteiger partial charge in [0.2, 0.25) is 10.0 Å². The zero-order chi connectivity index (χ0) is 21.4. The third-order valence-corrected chi connectivity index (χ3v) is 4.50. The fourth-order valence-corrected chi connectivity index (χ4v) is 2.95. The van der Waals surface area contributed by atoms with E-state index in [1.165, 1.54) is 0 Å². The normalized spacial score (nSPS) is 14.4. The second kappa shape index (κ2) is 10.0. The first-order chi connectivity index (χ1) is 13.7. The van der Waals surface area contributed by atoms with E-state index in [9.17, 15) is 28.7 Å². The van der Waals surface area contributed by atoms with Crippen molar-refractivity contribution in [2.75, 3.05) is 17.5 Å². The van der Waals surface area contributed by atoms with Gasteiger partial charge in [0.1, 0.15) is 6.26 Å². The number of hydrogen-bond acceptors (Lipinski definition) is 8. The summed E-state index contributed by atoms with van der Waals surface area (Å²) in [4.78, 5) is 15.7. The molecule has 2 aromatic rings. The summed E-state index contributed by atoms with van der Waals surface area (Å²) in [6, 6.07) is 11.1. The van der Waals surface area contributed by atoms with Crippen molar-refractivity contribution < 1.29 is 27.8 Å². The van der Waals surface area contributed by atoms with Crippen molar-refractivity contribution in [2.45, 2.75) is 25.0 Å². The predicted octanol–water partition coefficient (Wildman–Crippen LogP) is 0.270. The molecule has 2 rings (SSSR count). The van der Waals surface area contributed by atoms with E-state index in [4.69, 9.17) is 4.42 Å². The van der Waals surface area contributed by atoms with Crippen LogP contribution in [-0.4, -0.2) is 54.5 Å². The summed E-state index contributed by atoms with van der Waals surface area (Å²) in [5, 5.41) is 31.9. The van der Waals surface area contributed by atoms with E-state index in [-0.39, 0.29) is 24.7 Å². The summed E-state index contributed by atoms with van der Waals surface area (Å²) in [6.07, 6.45) is -0.190. The van der Waals surface area contributed by atoms with E-state index in [2.05, 4.69) is 16.4 Å². The summed E-state index contributed by atoms with van der Waals surface area (Å²) in [5.41, 5.74) is 0.746. The molecule has 0 aliphatic rings. The van der Waals surface area contributed by atoms with Crippen LogP contribution in [0.4, 0.5) is 6.01 Å². The molecular weight excluding hydrogens is 400 g/mol. The zero-order valence-corrected chi connectivity index (χ0v) is 16.5. The molecule has 11 heteroatoms. The van der Waals surface area contributed by atoms with Crippen molar-refractivity contribution in [3.05, 3.63) is 47.9 Å². The van der Waals surface area contributed by atoms with Crippen molar-refractivity contribution >= 4 is 21.9 Å². The third-order valence-electron chi connectivity index (χ3n) is 3.96. The molecule has 0 spiro atoms. The monoisotopic (exact) mass is 422 g/mol. The molecule has 10 nitrogen and oxygen atoms in total. The average molecular weight is 422 g/mol. The fourth-order valence-electron chi connectivity index (χ4n) is 2.54. The smallest absolute Gasteiger partial charge is 0.309 e. The summed E-state index contributed by atoms with van der Waals surface area (Å²) in [7, 11) is -3.60. The Morgan fingerprint density at radius 1 is 1.28 bits per heavy atom. The number of sulfonamides is 1. The lowest BCUT2D eigenvalue weighted by molar-refractivity contribution is 0.00986. The molecule has 3 unspecified atom stereocenters. The van der Waals surface area contributed by atoms with Gasteiger partial charge in [-0.25, -0.2) is 13.1 Å². The Morgan fingerprint density at radius 2 is 1.97 bits per heavy atom. The lowest BCUT2D eigenvalue weighted by Crippen LogP contribution is -2.40. The maximum atomic E-state index is 12.0. The number of aromatic nitrogens is 1. The van der Waals surface area contributed by atoms with Crippen molar-refractivity contribution in [2.24, 2.45) is 5.92 Å². The Morgan fingerprint density at radius 3 is 2.59 bits per heavy atom. The molecule has 1 amide bonds. The number of amides is 1. The largest absolute Gasteiger partial charge is 0.431 e. The predicted molar refractivity (Wildman–Crippen MR) is 103 cm³/mol. The first-order valence-corrected chi connectivity index (χ1v) is 10.6. The Labute approximate surface area is 168 Å². The molecule has 3 atom stereocenters. The van der Waals surface area contributed by atoms with Crippen LogP contribution in [0.15, 0.2) is 41.0 Å².